The minimum absolute atomic E-state index is 0.208. The van der Waals surface area contributed by atoms with E-state index >= 15 is 0 Å². The van der Waals surface area contributed by atoms with Crippen LogP contribution in [0.4, 0.5) is 0 Å². The first-order valence-corrected chi connectivity index (χ1v) is 7.66. The standard InChI is InChI=1S/C13H21OS/c1-13(2)6-5-11(12(14)9-13)10-15-7-3-4-8-15/h5H,3-4,6-10H2,1-2H3/q+1. The van der Waals surface area contributed by atoms with Crippen LogP contribution < -0.4 is 0 Å². The summed E-state index contributed by atoms with van der Waals surface area (Å²) in [5.41, 5.74) is 1.36. The normalized spacial score (nSPS) is 26.8. The van der Waals surface area contributed by atoms with E-state index in [0.717, 1.165) is 24.2 Å². The minimum atomic E-state index is 0.208. The van der Waals surface area contributed by atoms with Gasteiger partial charge in [-0.25, -0.2) is 0 Å². The monoisotopic (exact) mass is 225 g/mol. The zero-order valence-corrected chi connectivity index (χ0v) is 10.7. The average molecular weight is 225 g/mol. The lowest BCUT2D eigenvalue weighted by molar-refractivity contribution is -0.117. The lowest BCUT2D eigenvalue weighted by Crippen LogP contribution is -2.26. The molecule has 1 saturated heterocycles. The number of carbonyl (C=O) groups is 1. The zero-order valence-electron chi connectivity index (χ0n) is 9.84. The fourth-order valence-corrected chi connectivity index (χ4v) is 4.79. The molecule has 0 amide bonds. The van der Waals surface area contributed by atoms with Crippen molar-refractivity contribution in [3.05, 3.63) is 11.6 Å². The van der Waals surface area contributed by atoms with Crippen LogP contribution in [0.3, 0.4) is 0 Å². The molecular weight excluding hydrogens is 204 g/mol. The first-order valence-electron chi connectivity index (χ1n) is 5.93. The van der Waals surface area contributed by atoms with Crippen LogP contribution >= 0.6 is 0 Å². The van der Waals surface area contributed by atoms with Gasteiger partial charge in [0, 0.05) is 12.0 Å². The Hall–Kier alpha value is -0.240. The molecule has 1 aliphatic heterocycles. The highest BCUT2D eigenvalue weighted by Crippen LogP contribution is 2.33. The summed E-state index contributed by atoms with van der Waals surface area (Å²) < 4.78 is 0. The number of carbonyl (C=O) groups excluding carboxylic acids is 1. The second-order valence-electron chi connectivity index (χ2n) is 5.57. The number of hydrogen-bond acceptors (Lipinski definition) is 1. The minimum Gasteiger partial charge on any atom is -0.294 e. The molecule has 15 heavy (non-hydrogen) atoms. The number of Topliss-reactive ketones (excluding diaryl/α,β-unsaturated/α-hetero) is 1. The van der Waals surface area contributed by atoms with E-state index in [2.05, 4.69) is 19.9 Å². The van der Waals surface area contributed by atoms with Gasteiger partial charge in [-0.1, -0.05) is 19.9 Å². The summed E-state index contributed by atoms with van der Waals surface area (Å²) in [4.78, 5) is 11.9. The SMILES string of the molecule is CC1(C)CC=C(C[S+]2CCCC2)C(=O)C1. The van der Waals surface area contributed by atoms with Crippen LogP contribution in [0, 0.1) is 5.41 Å². The first-order chi connectivity index (χ1) is 7.07. The van der Waals surface area contributed by atoms with Crippen LogP contribution in [-0.2, 0) is 15.7 Å². The molecule has 2 heteroatoms. The summed E-state index contributed by atoms with van der Waals surface area (Å²) in [6.45, 7) is 4.38. The van der Waals surface area contributed by atoms with Gasteiger partial charge < -0.3 is 0 Å². The smallest absolute Gasteiger partial charge is 0.163 e. The van der Waals surface area contributed by atoms with Crippen LogP contribution in [0.25, 0.3) is 0 Å². The fourth-order valence-electron chi connectivity index (χ4n) is 2.35. The lowest BCUT2D eigenvalue weighted by atomic mass is 9.78. The van der Waals surface area contributed by atoms with Crippen molar-refractivity contribution in [3.63, 3.8) is 0 Å². The Bertz CT molecular complexity index is 285. The molecule has 0 saturated carbocycles. The molecule has 0 aromatic carbocycles. The summed E-state index contributed by atoms with van der Waals surface area (Å²) in [6, 6.07) is 0. The van der Waals surface area contributed by atoms with Gasteiger partial charge in [0.15, 0.2) is 5.78 Å². The van der Waals surface area contributed by atoms with Gasteiger partial charge in [-0.3, -0.25) is 4.79 Å². The van der Waals surface area contributed by atoms with Gasteiger partial charge in [-0.2, -0.15) is 0 Å². The molecule has 1 aliphatic carbocycles. The lowest BCUT2D eigenvalue weighted by Gasteiger charge is -2.26. The van der Waals surface area contributed by atoms with E-state index in [1.165, 1.54) is 24.3 Å². The molecule has 0 atom stereocenters. The van der Waals surface area contributed by atoms with Gasteiger partial charge in [0.05, 0.1) is 0 Å². The quantitative estimate of drug-likeness (QED) is 0.660. The van der Waals surface area contributed by atoms with E-state index in [1.54, 1.807) is 0 Å². The Labute approximate surface area is 95.7 Å². The van der Waals surface area contributed by atoms with E-state index in [9.17, 15) is 4.79 Å². The predicted octanol–water partition coefficient (Wildman–Crippen LogP) is 2.71. The highest BCUT2D eigenvalue weighted by Gasteiger charge is 2.32. The molecule has 0 N–H and O–H groups in total. The topological polar surface area (TPSA) is 17.1 Å². The van der Waals surface area contributed by atoms with Crippen molar-refractivity contribution >= 4 is 16.7 Å². The Kier molecular flexibility index (Phi) is 3.24. The fraction of sp³-hybridized carbons (Fsp3) is 0.769. The average Bonchev–Trinajstić information content (AvgIpc) is 2.61. The molecule has 2 aliphatic rings. The van der Waals surface area contributed by atoms with Gasteiger partial charge in [-0.05, 0) is 35.6 Å². The molecule has 1 fully saturated rings. The van der Waals surface area contributed by atoms with Crippen LogP contribution in [0.15, 0.2) is 11.6 Å². The second kappa shape index (κ2) is 4.32. The van der Waals surface area contributed by atoms with Crippen molar-refractivity contribution in [2.24, 2.45) is 5.41 Å². The maximum atomic E-state index is 11.9. The molecule has 1 heterocycles. The van der Waals surface area contributed by atoms with Crippen molar-refractivity contribution in [2.75, 3.05) is 17.3 Å². The Morgan fingerprint density at radius 3 is 2.60 bits per heavy atom. The molecule has 0 aromatic rings. The van der Waals surface area contributed by atoms with Crippen LogP contribution in [0.1, 0.15) is 39.5 Å². The summed E-state index contributed by atoms with van der Waals surface area (Å²) in [7, 11) is 0.541. The Morgan fingerprint density at radius 2 is 2.00 bits per heavy atom. The third-order valence-corrected chi connectivity index (χ3v) is 5.83. The number of allylic oxidation sites excluding steroid dienone is 1. The molecule has 1 nitrogen and oxygen atoms in total. The van der Waals surface area contributed by atoms with Crippen LogP contribution in [0.5, 0.6) is 0 Å². The van der Waals surface area contributed by atoms with Gasteiger partial charge in [0.1, 0.15) is 17.3 Å². The third kappa shape index (κ3) is 2.87. The van der Waals surface area contributed by atoms with Crippen molar-refractivity contribution in [1.29, 1.82) is 0 Å². The Morgan fingerprint density at radius 1 is 1.33 bits per heavy atom. The molecule has 0 spiro atoms. The van der Waals surface area contributed by atoms with E-state index in [4.69, 9.17) is 0 Å². The van der Waals surface area contributed by atoms with E-state index in [1.807, 2.05) is 0 Å². The maximum absolute atomic E-state index is 11.9. The van der Waals surface area contributed by atoms with E-state index in [0.29, 0.717) is 16.7 Å². The van der Waals surface area contributed by atoms with Gasteiger partial charge in [0.2, 0.25) is 0 Å². The number of hydrogen-bond donors (Lipinski definition) is 0. The van der Waals surface area contributed by atoms with Crippen molar-refractivity contribution < 1.29 is 4.79 Å². The number of rotatable bonds is 2. The maximum Gasteiger partial charge on any atom is 0.163 e. The summed E-state index contributed by atoms with van der Waals surface area (Å²) in [5, 5.41) is 0. The highest BCUT2D eigenvalue weighted by atomic mass is 32.2. The number of ketones is 1. The van der Waals surface area contributed by atoms with Gasteiger partial charge >= 0.3 is 0 Å². The molecule has 0 aromatic heterocycles. The summed E-state index contributed by atoms with van der Waals surface area (Å²) >= 11 is 0. The van der Waals surface area contributed by atoms with E-state index < -0.39 is 0 Å². The Balaban J connectivity index is 1.97. The summed E-state index contributed by atoms with van der Waals surface area (Å²) in [6.07, 6.45) is 6.84. The molecule has 2 rings (SSSR count). The third-order valence-electron chi connectivity index (χ3n) is 3.37. The molecule has 84 valence electrons. The summed E-state index contributed by atoms with van der Waals surface area (Å²) in [5.74, 6) is 4.25. The predicted molar refractivity (Wildman–Crippen MR) is 67.3 cm³/mol. The van der Waals surface area contributed by atoms with E-state index in [-0.39, 0.29) is 5.41 Å². The molecule has 0 bridgehead atoms. The first kappa shape index (κ1) is 11.3. The second-order valence-corrected chi connectivity index (χ2v) is 7.90. The van der Waals surface area contributed by atoms with Gasteiger partial charge in [0.25, 0.3) is 0 Å². The van der Waals surface area contributed by atoms with Crippen molar-refractivity contribution in [2.45, 2.75) is 39.5 Å². The van der Waals surface area contributed by atoms with Crippen LogP contribution in [-0.4, -0.2) is 23.0 Å². The largest absolute Gasteiger partial charge is 0.294 e. The highest BCUT2D eigenvalue weighted by molar-refractivity contribution is 7.97. The zero-order chi connectivity index (χ0) is 10.9. The molecule has 0 radical (unpaired) electrons. The van der Waals surface area contributed by atoms with Gasteiger partial charge in [-0.15, -0.1) is 0 Å². The molecular formula is C13H21OS+. The van der Waals surface area contributed by atoms with Crippen LogP contribution in [0.2, 0.25) is 0 Å². The van der Waals surface area contributed by atoms with Crippen molar-refractivity contribution in [3.8, 4) is 0 Å². The molecule has 0 unspecified atom stereocenters. The van der Waals surface area contributed by atoms with Crippen molar-refractivity contribution in [1.82, 2.24) is 0 Å².